The molecule has 1 heterocycles. The van der Waals surface area contributed by atoms with E-state index >= 15 is 0 Å². The van der Waals surface area contributed by atoms with E-state index in [9.17, 15) is 25.1 Å². The number of amides is 1. The maximum Gasteiger partial charge on any atom is 0.310 e. The number of primary amides is 1. The van der Waals surface area contributed by atoms with E-state index in [1.807, 2.05) is 0 Å². The molecule has 0 radical (unpaired) electrons. The standard InChI is InChI=1S/C14H19N3O6/c15-13(19)14(20)5-6-16(9-14)7-10(18)8-23-12-4-2-1-3-11(12)17(21)22/h1-4,10,18,20H,5-9H2,(H2,15,19). The first-order valence-corrected chi connectivity index (χ1v) is 7.11. The van der Waals surface area contributed by atoms with Crippen LogP contribution in [0.3, 0.4) is 0 Å². The number of nitrogens with zero attached hydrogens (tertiary/aromatic N) is 2. The molecular weight excluding hydrogens is 306 g/mol. The van der Waals surface area contributed by atoms with Crippen molar-refractivity contribution in [3.8, 4) is 5.75 Å². The Labute approximate surface area is 132 Å². The van der Waals surface area contributed by atoms with Crippen LogP contribution in [0.25, 0.3) is 0 Å². The van der Waals surface area contributed by atoms with Gasteiger partial charge in [-0.1, -0.05) is 12.1 Å². The van der Waals surface area contributed by atoms with E-state index in [0.29, 0.717) is 6.54 Å². The minimum atomic E-state index is -1.57. The van der Waals surface area contributed by atoms with Crippen molar-refractivity contribution < 1.29 is 24.7 Å². The van der Waals surface area contributed by atoms with Crippen molar-refractivity contribution in [3.63, 3.8) is 0 Å². The van der Waals surface area contributed by atoms with Crippen molar-refractivity contribution in [2.24, 2.45) is 5.73 Å². The van der Waals surface area contributed by atoms with Crippen molar-refractivity contribution in [1.29, 1.82) is 0 Å². The number of carbonyl (C=O) groups excluding carboxylic acids is 1. The Bertz CT molecular complexity index is 596. The highest BCUT2D eigenvalue weighted by atomic mass is 16.6. The molecule has 1 aliphatic rings. The van der Waals surface area contributed by atoms with Gasteiger partial charge in [0.15, 0.2) is 11.4 Å². The quantitative estimate of drug-likeness (QED) is 0.443. The number of nitrogens with two attached hydrogens (primary N) is 1. The van der Waals surface area contributed by atoms with Gasteiger partial charge in [0.25, 0.3) is 5.91 Å². The molecule has 4 N–H and O–H groups in total. The summed E-state index contributed by atoms with van der Waals surface area (Å²) in [5.41, 5.74) is 3.39. The minimum absolute atomic E-state index is 0.0465. The van der Waals surface area contributed by atoms with E-state index in [2.05, 4.69) is 0 Å². The van der Waals surface area contributed by atoms with Gasteiger partial charge in [0.2, 0.25) is 0 Å². The van der Waals surface area contributed by atoms with E-state index in [4.69, 9.17) is 10.5 Å². The number of nitro benzene ring substituents is 1. The summed E-state index contributed by atoms with van der Waals surface area (Å²) < 4.78 is 5.30. The highest BCUT2D eigenvalue weighted by molar-refractivity contribution is 5.83. The Hall–Kier alpha value is -2.23. The number of aliphatic hydroxyl groups excluding tert-OH is 1. The molecule has 0 bridgehead atoms. The van der Waals surface area contributed by atoms with Gasteiger partial charge in [-0.05, 0) is 12.5 Å². The first kappa shape index (κ1) is 17.1. The van der Waals surface area contributed by atoms with Gasteiger partial charge in [0.05, 0.1) is 4.92 Å². The molecule has 1 fully saturated rings. The predicted molar refractivity (Wildman–Crippen MR) is 79.8 cm³/mol. The number of hydrogen-bond donors (Lipinski definition) is 3. The van der Waals surface area contributed by atoms with Crippen LogP contribution in [-0.2, 0) is 4.79 Å². The molecule has 1 amide bonds. The Balaban J connectivity index is 1.86. The molecule has 126 valence electrons. The second kappa shape index (κ2) is 6.90. The number of hydrogen-bond acceptors (Lipinski definition) is 7. The summed E-state index contributed by atoms with van der Waals surface area (Å²) >= 11 is 0. The van der Waals surface area contributed by atoms with Crippen LogP contribution in [0.4, 0.5) is 5.69 Å². The smallest absolute Gasteiger partial charge is 0.310 e. The third kappa shape index (κ3) is 4.15. The number of carbonyl (C=O) groups is 1. The van der Waals surface area contributed by atoms with Crippen molar-refractivity contribution in [3.05, 3.63) is 34.4 Å². The zero-order valence-corrected chi connectivity index (χ0v) is 12.4. The summed E-state index contributed by atoms with van der Waals surface area (Å²) in [6, 6.07) is 5.89. The highest BCUT2D eigenvalue weighted by Gasteiger charge is 2.41. The van der Waals surface area contributed by atoms with Crippen LogP contribution in [-0.4, -0.2) is 63.9 Å². The van der Waals surface area contributed by atoms with Gasteiger partial charge in [-0.25, -0.2) is 0 Å². The fraction of sp³-hybridized carbons (Fsp3) is 0.500. The van der Waals surface area contributed by atoms with E-state index in [-0.39, 0.29) is 37.6 Å². The highest BCUT2D eigenvalue weighted by Crippen LogP contribution is 2.26. The second-order valence-corrected chi connectivity index (χ2v) is 5.57. The molecule has 1 aliphatic heterocycles. The number of aliphatic hydroxyl groups is 2. The first-order valence-electron chi connectivity index (χ1n) is 7.11. The molecule has 0 aliphatic carbocycles. The molecule has 23 heavy (non-hydrogen) atoms. The van der Waals surface area contributed by atoms with Crippen molar-refractivity contribution >= 4 is 11.6 Å². The van der Waals surface area contributed by atoms with Gasteiger partial charge < -0.3 is 20.7 Å². The molecule has 0 aromatic heterocycles. The van der Waals surface area contributed by atoms with Crippen LogP contribution in [0.5, 0.6) is 5.75 Å². The topological polar surface area (TPSA) is 139 Å². The normalized spacial score (nSPS) is 22.7. The van der Waals surface area contributed by atoms with Gasteiger partial charge in [-0.2, -0.15) is 0 Å². The zero-order chi connectivity index (χ0) is 17.0. The lowest BCUT2D eigenvalue weighted by molar-refractivity contribution is -0.385. The SMILES string of the molecule is NC(=O)C1(O)CCN(CC(O)COc2ccccc2[N+](=O)[O-])C1. The van der Waals surface area contributed by atoms with Gasteiger partial charge in [0, 0.05) is 25.7 Å². The largest absolute Gasteiger partial charge is 0.484 e. The fourth-order valence-electron chi connectivity index (χ4n) is 2.49. The van der Waals surface area contributed by atoms with Crippen LogP contribution < -0.4 is 10.5 Å². The van der Waals surface area contributed by atoms with E-state index < -0.39 is 22.5 Å². The number of benzene rings is 1. The summed E-state index contributed by atoms with van der Waals surface area (Å²) in [5, 5.41) is 30.8. The number of para-hydroxylation sites is 2. The van der Waals surface area contributed by atoms with E-state index in [1.165, 1.54) is 18.2 Å². The molecule has 2 rings (SSSR count). The summed E-state index contributed by atoms with van der Waals surface area (Å²) in [6.45, 7) is 0.486. The summed E-state index contributed by atoms with van der Waals surface area (Å²) in [5.74, 6) is -0.711. The average Bonchev–Trinajstić information content (AvgIpc) is 2.88. The lowest BCUT2D eigenvalue weighted by Gasteiger charge is -2.22. The predicted octanol–water partition coefficient (Wildman–Crippen LogP) is -0.743. The number of likely N-dealkylation sites (tertiary alicyclic amines) is 1. The zero-order valence-electron chi connectivity index (χ0n) is 12.4. The molecule has 2 atom stereocenters. The van der Waals surface area contributed by atoms with E-state index in [1.54, 1.807) is 11.0 Å². The van der Waals surface area contributed by atoms with Gasteiger partial charge in [0.1, 0.15) is 12.7 Å². The maximum atomic E-state index is 11.2. The molecule has 0 spiro atoms. The summed E-state index contributed by atoms with van der Waals surface area (Å²) in [6.07, 6.45) is -0.717. The number of ether oxygens (including phenoxy) is 1. The van der Waals surface area contributed by atoms with Crippen LogP contribution in [0, 0.1) is 10.1 Å². The maximum absolute atomic E-state index is 11.2. The Morgan fingerprint density at radius 2 is 2.22 bits per heavy atom. The Morgan fingerprint density at radius 3 is 2.83 bits per heavy atom. The fourth-order valence-corrected chi connectivity index (χ4v) is 2.49. The summed E-state index contributed by atoms with van der Waals surface area (Å²) in [4.78, 5) is 23.2. The minimum Gasteiger partial charge on any atom is -0.484 e. The first-order chi connectivity index (χ1) is 10.8. The Morgan fingerprint density at radius 1 is 1.52 bits per heavy atom. The van der Waals surface area contributed by atoms with Crippen LogP contribution in [0.2, 0.25) is 0 Å². The molecule has 9 heteroatoms. The number of rotatable bonds is 7. The molecular formula is C14H19N3O6. The van der Waals surface area contributed by atoms with Crippen molar-refractivity contribution in [1.82, 2.24) is 4.90 Å². The second-order valence-electron chi connectivity index (χ2n) is 5.57. The molecule has 2 unspecified atom stereocenters. The molecule has 1 aromatic rings. The van der Waals surface area contributed by atoms with E-state index in [0.717, 1.165) is 0 Å². The Kier molecular flexibility index (Phi) is 5.14. The van der Waals surface area contributed by atoms with Gasteiger partial charge in [-0.15, -0.1) is 0 Å². The van der Waals surface area contributed by atoms with Crippen LogP contribution in [0.15, 0.2) is 24.3 Å². The third-order valence-electron chi connectivity index (χ3n) is 3.75. The molecule has 9 nitrogen and oxygen atoms in total. The number of nitro groups is 1. The molecule has 0 saturated carbocycles. The van der Waals surface area contributed by atoms with Gasteiger partial charge in [-0.3, -0.25) is 19.8 Å². The lowest BCUT2D eigenvalue weighted by Crippen LogP contribution is -2.47. The molecule has 1 aromatic carbocycles. The monoisotopic (exact) mass is 325 g/mol. The third-order valence-corrected chi connectivity index (χ3v) is 3.75. The lowest BCUT2D eigenvalue weighted by atomic mass is 10.0. The molecule has 1 saturated heterocycles. The number of β-amino-alcohol motifs (C(OH)–C–C–N with tert-alkyl or cyclic N) is 2. The van der Waals surface area contributed by atoms with Crippen LogP contribution in [0.1, 0.15) is 6.42 Å². The van der Waals surface area contributed by atoms with Gasteiger partial charge >= 0.3 is 5.69 Å². The average molecular weight is 325 g/mol. The van der Waals surface area contributed by atoms with Crippen molar-refractivity contribution in [2.75, 3.05) is 26.2 Å². The van der Waals surface area contributed by atoms with Crippen molar-refractivity contribution in [2.45, 2.75) is 18.1 Å². The summed E-state index contributed by atoms with van der Waals surface area (Å²) in [7, 11) is 0. The van der Waals surface area contributed by atoms with Crippen LogP contribution >= 0.6 is 0 Å².